The van der Waals surface area contributed by atoms with Crippen molar-refractivity contribution in [3.63, 3.8) is 0 Å². The van der Waals surface area contributed by atoms with Crippen LogP contribution in [0.15, 0.2) is 73.5 Å². The van der Waals surface area contributed by atoms with Gasteiger partial charge in [0.15, 0.2) is 0 Å². The number of rotatable bonds is 5. The third-order valence-corrected chi connectivity index (χ3v) is 5.06. The maximum Gasteiger partial charge on any atom is 0.116 e. The van der Waals surface area contributed by atoms with E-state index in [1.807, 2.05) is 24.7 Å². The first kappa shape index (κ1) is 17.2. The van der Waals surface area contributed by atoms with Gasteiger partial charge >= 0.3 is 0 Å². The molecule has 0 amide bonds. The van der Waals surface area contributed by atoms with Gasteiger partial charge in [-0.05, 0) is 42.3 Å². The van der Waals surface area contributed by atoms with Crippen molar-refractivity contribution in [2.75, 3.05) is 5.32 Å². The number of anilines is 1. The number of allylic oxidation sites excluding steroid dienone is 1. The highest BCUT2D eigenvalue weighted by molar-refractivity contribution is 5.97. The highest BCUT2D eigenvalue weighted by atomic mass is 15.1. The van der Waals surface area contributed by atoms with Crippen molar-refractivity contribution in [3.05, 3.63) is 73.5 Å². The summed E-state index contributed by atoms with van der Waals surface area (Å²) in [4.78, 5) is 12.0. The van der Waals surface area contributed by atoms with E-state index >= 15 is 0 Å². The number of nitrogens with one attached hydrogen (secondary N) is 3. The lowest BCUT2D eigenvalue weighted by molar-refractivity contribution is 1.11. The molecule has 0 aliphatic carbocycles. The van der Waals surface area contributed by atoms with Crippen LogP contribution in [0.3, 0.4) is 0 Å². The molecule has 6 heteroatoms. The number of H-pyrrole nitrogens is 2. The molecule has 0 aliphatic heterocycles. The lowest BCUT2D eigenvalue weighted by Crippen LogP contribution is -1.97. The Labute approximate surface area is 167 Å². The van der Waals surface area contributed by atoms with E-state index in [2.05, 4.69) is 74.3 Å². The van der Waals surface area contributed by atoms with Crippen molar-refractivity contribution >= 4 is 27.5 Å². The van der Waals surface area contributed by atoms with Crippen LogP contribution in [0.1, 0.15) is 13.3 Å². The predicted octanol–water partition coefficient (Wildman–Crippen LogP) is 5.50. The minimum absolute atomic E-state index is 0.870. The maximum atomic E-state index is 4.55. The van der Waals surface area contributed by atoms with Crippen LogP contribution in [0, 0.1) is 0 Å². The average Bonchev–Trinajstić information content (AvgIpc) is 3.37. The molecule has 0 saturated carbocycles. The van der Waals surface area contributed by atoms with E-state index in [9.17, 15) is 0 Å². The number of aromatic nitrogens is 5. The Balaban J connectivity index is 1.58. The Morgan fingerprint density at radius 2 is 1.93 bits per heavy atom. The van der Waals surface area contributed by atoms with E-state index in [1.54, 1.807) is 6.20 Å². The van der Waals surface area contributed by atoms with Crippen LogP contribution in [-0.2, 0) is 0 Å². The zero-order valence-corrected chi connectivity index (χ0v) is 16.0. The second-order valence-electron chi connectivity index (χ2n) is 7.02. The average molecular weight is 380 g/mol. The van der Waals surface area contributed by atoms with Crippen LogP contribution < -0.4 is 5.32 Å². The number of hydrogen-bond acceptors (Lipinski definition) is 4. The van der Waals surface area contributed by atoms with E-state index in [0.717, 1.165) is 62.1 Å². The highest BCUT2D eigenvalue weighted by Crippen LogP contribution is 2.32. The fourth-order valence-corrected chi connectivity index (χ4v) is 3.46. The van der Waals surface area contributed by atoms with E-state index in [-0.39, 0.29) is 0 Å². The van der Waals surface area contributed by atoms with Gasteiger partial charge < -0.3 is 10.3 Å². The van der Waals surface area contributed by atoms with Crippen molar-refractivity contribution in [1.82, 2.24) is 25.1 Å². The lowest BCUT2D eigenvalue weighted by atomic mass is 10.0. The summed E-state index contributed by atoms with van der Waals surface area (Å²) in [5.41, 5.74) is 7.85. The molecule has 0 bridgehead atoms. The monoisotopic (exact) mass is 380 g/mol. The Hall–Kier alpha value is -3.93. The van der Waals surface area contributed by atoms with Crippen LogP contribution in [0.4, 0.5) is 5.69 Å². The van der Waals surface area contributed by atoms with Gasteiger partial charge in [0.05, 0.1) is 34.8 Å². The Bertz CT molecular complexity index is 1310. The molecule has 6 nitrogen and oxygen atoms in total. The van der Waals surface area contributed by atoms with Gasteiger partial charge in [-0.3, -0.25) is 15.1 Å². The SMILES string of the molecule is C=C(CC)Nc1cncc(-c2ccc3[nH]nc(-c4cc5ccncc5[nH]4)c3c2)c1. The summed E-state index contributed by atoms with van der Waals surface area (Å²) < 4.78 is 0. The van der Waals surface area contributed by atoms with Crippen LogP contribution in [0.2, 0.25) is 0 Å². The Kier molecular flexibility index (Phi) is 4.09. The number of benzene rings is 1. The molecule has 0 atom stereocenters. The maximum absolute atomic E-state index is 4.55. The standard InChI is InChI=1S/C23H20N6/c1-3-14(2)26-18-8-17(11-25-12-18)15-4-5-20-19(9-15)23(29-28-20)21-10-16-6-7-24-13-22(16)27-21/h4-13,26-27H,2-3H2,1H3,(H,28,29). The normalized spacial score (nSPS) is 11.2. The van der Waals surface area contributed by atoms with Gasteiger partial charge in [0.25, 0.3) is 0 Å². The number of hydrogen-bond donors (Lipinski definition) is 3. The van der Waals surface area contributed by atoms with Crippen molar-refractivity contribution in [3.8, 4) is 22.5 Å². The van der Waals surface area contributed by atoms with Gasteiger partial charge in [-0.2, -0.15) is 5.10 Å². The fourth-order valence-electron chi connectivity index (χ4n) is 3.46. The molecule has 29 heavy (non-hydrogen) atoms. The zero-order chi connectivity index (χ0) is 19.8. The van der Waals surface area contributed by atoms with Gasteiger partial charge in [0.2, 0.25) is 0 Å². The van der Waals surface area contributed by atoms with Gasteiger partial charge in [-0.1, -0.05) is 19.6 Å². The fraction of sp³-hybridized carbons (Fsp3) is 0.0870. The molecule has 5 rings (SSSR count). The molecule has 0 radical (unpaired) electrons. The van der Waals surface area contributed by atoms with E-state index in [4.69, 9.17) is 0 Å². The quantitative estimate of drug-likeness (QED) is 0.376. The topological polar surface area (TPSA) is 82.3 Å². The summed E-state index contributed by atoms with van der Waals surface area (Å²) in [7, 11) is 0. The first-order chi connectivity index (χ1) is 14.2. The third kappa shape index (κ3) is 3.14. The van der Waals surface area contributed by atoms with Gasteiger partial charge in [0, 0.05) is 34.4 Å². The molecule has 0 fully saturated rings. The molecule has 0 spiro atoms. The molecule has 3 N–H and O–H groups in total. The first-order valence-corrected chi connectivity index (χ1v) is 9.52. The lowest BCUT2D eigenvalue weighted by Gasteiger charge is -2.09. The molecule has 5 aromatic rings. The van der Waals surface area contributed by atoms with Crippen LogP contribution in [0.25, 0.3) is 44.3 Å². The van der Waals surface area contributed by atoms with Crippen molar-refractivity contribution in [2.45, 2.75) is 13.3 Å². The van der Waals surface area contributed by atoms with Crippen LogP contribution >= 0.6 is 0 Å². The van der Waals surface area contributed by atoms with Crippen molar-refractivity contribution < 1.29 is 0 Å². The van der Waals surface area contributed by atoms with Crippen LogP contribution in [0.5, 0.6) is 0 Å². The van der Waals surface area contributed by atoms with Crippen LogP contribution in [-0.4, -0.2) is 25.1 Å². The highest BCUT2D eigenvalue weighted by Gasteiger charge is 2.12. The smallest absolute Gasteiger partial charge is 0.116 e. The molecular formula is C23H20N6. The van der Waals surface area contributed by atoms with Crippen molar-refractivity contribution in [2.24, 2.45) is 0 Å². The zero-order valence-electron chi connectivity index (χ0n) is 16.0. The number of aromatic amines is 2. The second kappa shape index (κ2) is 6.91. The van der Waals surface area contributed by atoms with Gasteiger partial charge in [-0.15, -0.1) is 0 Å². The summed E-state index contributed by atoms with van der Waals surface area (Å²) in [5.74, 6) is 0. The Morgan fingerprint density at radius 1 is 1.00 bits per heavy atom. The van der Waals surface area contributed by atoms with Crippen molar-refractivity contribution in [1.29, 1.82) is 0 Å². The molecule has 4 heterocycles. The summed E-state index contributed by atoms with van der Waals surface area (Å²) in [6, 6.07) is 12.5. The molecule has 4 aromatic heterocycles. The number of fused-ring (bicyclic) bond motifs is 2. The molecule has 0 aliphatic rings. The predicted molar refractivity (Wildman–Crippen MR) is 117 cm³/mol. The Morgan fingerprint density at radius 3 is 2.79 bits per heavy atom. The summed E-state index contributed by atoms with van der Waals surface area (Å²) >= 11 is 0. The summed E-state index contributed by atoms with van der Waals surface area (Å²) in [5, 5.41) is 13.1. The molecular weight excluding hydrogens is 360 g/mol. The van der Waals surface area contributed by atoms with E-state index in [1.165, 1.54) is 0 Å². The van der Waals surface area contributed by atoms with Gasteiger partial charge in [-0.25, -0.2) is 0 Å². The largest absolute Gasteiger partial charge is 0.358 e. The summed E-state index contributed by atoms with van der Waals surface area (Å²) in [6.45, 7) is 6.08. The minimum Gasteiger partial charge on any atom is -0.358 e. The molecule has 0 unspecified atom stereocenters. The number of pyridine rings is 2. The second-order valence-corrected chi connectivity index (χ2v) is 7.02. The minimum atomic E-state index is 0.870. The number of nitrogens with zero attached hydrogens (tertiary/aromatic N) is 3. The third-order valence-electron chi connectivity index (χ3n) is 5.06. The molecule has 0 saturated heterocycles. The van der Waals surface area contributed by atoms with E-state index < -0.39 is 0 Å². The molecule has 1 aromatic carbocycles. The summed E-state index contributed by atoms with van der Waals surface area (Å²) in [6.07, 6.45) is 8.17. The first-order valence-electron chi connectivity index (χ1n) is 9.52. The molecule has 142 valence electrons. The van der Waals surface area contributed by atoms with Gasteiger partial charge in [0.1, 0.15) is 5.69 Å². The van der Waals surface area contributed by atoms with E-state index in [0.29, 0.717) is 0 Å².